The van der Waals surface area contributed by atoms with Crippen molar-refractivity contribution in [1.29, 1.82) is 0 Å². The van der Waals surface area contributed by atoms with E-state index >= 15 is 0 Å². The van der Waals surface area contributed by atoms with Gasteiger partial charge in [-0.15, -0.1) is 0 Å². The van der Waals surface area contributed by atoms with Crippen molar-refractivity contribution >= 4 is 17.1 Å². The number of aromatic amines is 1. The fourth-order valence-electron chi connectivity index (χ4n) is 5.11. The van der Waals surface area contributed by atoms with E-state index in [-0.39, 0.29) is 23.9 Å². The minimum Gasteiger partial charge on any atom is -0.448 e. The molecule has 32 heavy (non-hydrogen) atoms. The number of fused-ring (bicyclic) bond motifs is 1. The molecule has 0 radical (unpaired) electrons. The normalized spacial score (nSPS) is 20.1. The minimum atomic E-state index is -0.235. The summed E-state index contributed by atoms with van der Waals surface area (Å²) in [5, 5.41) is 0. The van der Waals surface area contributed by atoms with Crippen LogP contribution in [0.4, 0.5) is 4.79 Å². The highest BCUT2D eigenvalue weighted by atomic mass is 16.6. The van der Waals surface area contributed by atoms with E-state index in [4.69, 9.17) is 4.74 Å². The van der Waals surface area contributed by atoms with Gasteiger partial charge < -0.3 is 14.6 Å². The van der Waals surface area contributed by atoms with Gasteiger partial charge in [0.05, 0.1) is 11.0 Å². The van der Waals surface area contributed by atoms with Gasteiger partial charge in [-0.1, -0.05) is 42.5 Å². The number of para-hydroxylation sites is 2. The lowest BCUT2D eigenvalue weighted by molar-refractivity contribution is 0.0652. The van der Waals surface area contributed by atoms with Gasteiger partial charge in [-0.2, -0.15) is 0 Å². The lowest BCUT2D eigenvalue weighted by Gasteiger charge is -2.32. The number of piperidine rings is 1. The number of nitrogens with zero attached hydrogens (tertiary/aromatic N) is 3. The summed E-state index contributed by atoms with van der Waals surface area (Å²) in [4.78, 5) is 32.3. The summed E-state index contributed by atoms with van der Waals surface area (Å²) >= 11 is 0. The molecule has 0 aliphatic carbocycles. The molecule has 1 atom stereocenters. The first-order valence-corrected chi connectivity index (χ1v) is 11.6. The molecule has 0 bridgehead atoms. The first kappa shape index (κ1) is 20.8. The van der Waals surface area contributed by atoms with Crippen molar-refractivity contribution in [3.05, 3.63) is 70.6 Å². The summed E-state index contributed by atoms with van der Waals surface area (Å²) in [6.45, 7) is 3.59. The smallest absolute Gasteiger partial charge is 0.409 e. The molecule has 0 unspecified atom stereocenters. The van der Waals surface area contributed by atoms with Gasteiger partial charge in [0, 0.05) is 31.7 Å². The predicted molar refractivity (Wildman–Crippen MR) is 124 cm³/mol. The Morgan fingerprint density at radius 1 is 0.969 bits per heavy atom. The van der Waals surface area contributed by atoms with E-state index in [1.165, 1.54) is 5.56 Å². The van der Waals surface area contributed by atoms with E-state index in [0.717, 1.165) is 49.8 Å². The molecule has 1 N–H and O–H groups in total. The number of rotatable bonds is 5. The molecule has 2 aliphatic rings. The van der Waals surface area contributed by atoms with Crippen molar-refractivity contribution in [1.82, 2.24) is 19.4 Å². The van der Waals surface area contributed by atoms with Gasteiger partial charge in [0.15, 0.2) is 0 Å². The van der Waals surface area contributed by atoms with Crippen molar-refractivity contribution < 1.29 is 9.53 Å². The number of likely N-dealkylation sites (tertiary alicyclic amines) is 2. The van der Waals surface area contributed by atoms with Crippen LogP contribution in [0.15, 0.2) is 59.4 Å². The Bertz CT molecular complexity index is 1110. The van der Waals surface area contributed by atoms with Gasteiger partial charge in [0.1, 0.15) is 6.61 Å². The second-order valence-corrected chi connectivity index (χ2v) is 8.86. The van der Waals surface area contributed by atoms with E-state index in [2.05, 4.69) is 34.1 Å². The number of carbonyl (C=O) groups is 1. The third-order valence-corrected chi connectivity index (χ3v) is 6.84. The van der Waals surface area contributed by atoms with Crippen LogP contribution in [-0.2, 0) is 11.3 Å². The molecule has 5 rings (SSSR count). The Labute approximate surface area is 187 Å². The van der Waals surface area contributed by atoms with E-state index < -0.39 is 0 Å². The van der Waals surface area contributed by atoms with Crippen molar-refractivity contribution in [3.8, 4) is 0 Å². The van der Waals surface area contributed by atoms with Crippen LogP contribution < -0.4 is 5.69 Å². The first-order valence-electron chi connectivity index (χ1n) is 11.6. The highest BCUT2D eigenvalue weighted by Crippen LogP contribution is 2.26. The Morgan fingerprint density at radius 2 is 1.72 bits per heavy atom. The summed E-state index contributed by atoms with van der Waals surface area (Å²) in [5.41, 5.74) is 3.00. The number of aromatic nitrogens is 2. The van der Waals surface area contributed by atoms with Crippen molar-refractivity contribution in [2.24, 2.45) is 0 Å². The summed E-state index contributed by atoms with van der Waals surface area (Å²) in [6, 6.07) is 18.6. The fourth-order valence-corrected chi connectivity index (χ4v) is 5.11. The molecule has 2 saturated heterocycles. The monoisotopic (exact) mass is 434 g/mol. The van der Waals surface area contributed by atoms with Gasteiger partial charge in [0.2, 0.25) is 0 Å². The van der Waals surface area contributed by atoms with Gasteiger partial charge in [-0.05, 0) is 49.9 Å². The summed E-state index contributed by atoms with van der Waals surface area (Å²) in [5.74, 6) is 0. The van der Waals surface area contributed by atoms with Crippen LogP contribution in [-0.4, -0.2) is 57.7 Å². The summed E-state index contributed by atoms with van der Waals surface area (Å²) in [7, 11) is 0. The second-order valence-electron chi connectivity index (χ2n) is 8.86. The molecule has 3 heterocycles. The highest BCUT2D eigenvalue weighted by molar-refractivity contribution is 5.75. The third kappa shape index (κ3) is 4.30. The number of ether oxygens (including phenoxy) is 1. The fraction of sp³-hybridized carbons (Fsp3) is 0.440. The molecule has 168 valence electrons. The maximum Gasteiger partial charge on any atom is 0.409 e. The molecule has 3 aromatic rings. The Kier molecular flexibility index (Phi) is 5.99. The predicted octanol–water partition coefficient (Wildman–Crippen LogP) is 3.77. The van der Waals surface area contributed by atoms with Crippen molar-refractivity contribution in [2.75, 3.05) is 26.2 Å². The van der Waals surface area contributed by atoms with Crippen LogP contribution in [0.2, 0.25) is 0 Å². The molecule has 1 amide bonds. The standard InChI is InChI=1S/C25H30N4O3/c30-24-26-22-10-4-5-11-23(22)29(24)20-12-15-27(16-13-20)25(31)32-18-21-9-6-14-28(21)17-19-7-2-1-3-8-19/h1-5,7-8,10-11,20-21H,6,9,12-18H2,(H,26,30)/t21-/m0/s1. The maximum atomic E-state index is 12.7. The molecule has 1 aromatic heterocycles. The van der Waals surface area contributed by atoms with Gasteiger partial charge in [-0.25, -0.2) is 9.59 Å². The van der Waals surface area contributed by atoms with E-state index in [1.54, 1.807) is 4.90 Å². The zero-order valence-electron chi connectivity index (χ0n) is 18.3. The number of hydrogen-bond donors (Lipinski definition) is 1. The van der Waals surface area contributed by atoms with Crippen LogP contribution in [0.25, 0.3) is 11.0 Å². The maximum absolute atomic E-state index is 12.7. The molecule has 2 aromatic carbocycles. The van der Waals surface area contributed by atoms with E-state index in [9.17, 15) is 9.59 Å². The van der Waals surface area contributed by atoms with Crippen LogP contribution in [0.3, 0.4) is 0 Å². The van der Waals surface area contributed by atoms with Crippen LogP contribution in [0, 0.1) is 0 Å². The van der Waals surface area contributed by atoms with Crippen LogP contribution in [0.5, 0.6) is 0 Å². The SMILES string of the molecule is O=C(OC[C@@H]1CCCN1Cc1ccccc1)N1CCC(n2c(=O)[nH]c3ccccc32)CC1. The molecule has 7 nitrogen and oxygen atoms in total. The van der Waals surface area contributed by atoms with Gasteiger partial charge in [-0.3, -0.25) is 9.47 Å². The molecule has 0 spiro atoms. The third-order valence-electron chi connectivity index (χ3n) is 6.84. The molecule has 7 heteroatoms. The summed E-state index contributed by atoms with van der Waals surface area (Å²) in [6.07, 6.45) is 3.47. The molecule has 2 fully saturated rings. The number of imidazole rings is 1. The van der Waals surface area contributed by atoms with Crippen molar-refractivity contribution in [3.63, 3.8) is 0 Å². The highest BCUT2D eigenvalue weighted by Gasteiger charge is 2.29. The molecule has 2 aliphatic heterocycles. The Balaban J connectivity index is 1.14. The van der Waals surface area contributed by atoms with Crippen LogP contribution >= 0.6 is 0 Å². The largest absolute Gasteiger partial charge is 0.448 e. The van der Waals surface area contributed by atoms with Gasteiger partial charge in [0.25, 0.3) is 0 Å². The topological polar surface area (TPSA) is 70.6 Å². The number of nitrogens with one attached hydrogen (secondary N) is 1. The lowest BCUT2D eigenvalue weighted by atomic mass is 10.0. The minimum absolute atomic E-state index is 0.0769. The average molecular weight is 435 g/mol. The van der Waals surface area contributed by atoms with E-state index in [0.29, 0.717) is 19.7 Å². The lowest BCUT2D eigenvalue weighted by Crippen LogP contribution is -2.42. The Morgan fingerprint density at radius 3 is 2.53 bits per heavy atom. The summed E-state index contributed by atoms with van der Waals surface area (Å²) < 4.78 is 7.57. The zero-order chi connectivity index (χ0) is 21.9. The van der Waals surface area contributed by atoms with Gasteiger partial charge >= 0.3 is 11.8 Å². The number of carbonyl (C=O) groups excluding carboxylic acids is 1. The molecular weight excluding hydrogens is 404 g/mol. The van der Waals surface area contributed by atoms with Crippen LogP contribution in [0.1, 0.15) is 37.3 Å². The number of hydrogen-bond acceptors (Lipinski definition) is 4. The molecule has 0 saturated carbocycles. The first-order chi connectivity index (χ1) is 15.7. The number of H-pyrrole nitrogens is 1. The van der Waals surface area contributed by atoms with Crippen molar-refractivity contribution in [2.45, 2.75) is 44.3 Å². The molecular formula is C25H30N4O3. The number of amides is 1. The zero-order valence-corrected chi connectivity index (χ0v) is 18.3. The van der Waals surface area contributed by atoms with E-state index in [1.807, 2.05) is 34.9 Å². The average Bonchev–Trinajstić information content (AvgIpc) is 3.41. The quantitative estimate of drug-likeness (QED) is 0.664. The Hall–Kier alpha value is -3.06. The second kappa shape index (κ2) is 9.20. The number of benzene rings is 2.